The molecule has 0 unspecified atom stereocenters. The minimum atomic E-state index is -3.20. The molecule has 0 fully saturated rings. The smallest absolute Gasteiger partial charge is 0.200 e. The number of rotatable bonds is 12. The Morgan fingerprint density at radius 3 is 0.231 bits per heavy atom. The van der Waals surface area contributed by atoms with Crippen LogP contribution in [-0.4, -0.2) is 0 Å². The van der Waals surface area contributed by atoms with E-state index in [9.17, 15) is 79.0 Å². The molecule has 0 saturated carbocycles. The van der Waals surface area contributed by atoms with Crippen molar-refractivity contribution in [2.45, 2.75) is 58.7 Å². The number of halogens is 30. The molecule has 7 aromatic carbocycles. The van der Waals surface area contributed by atoms with E-state index in [1.165, 1.54) is 0 Å². The van der Waals surface area contributed by atoms with Gasteiger partial charge in [0, 0.05) is 29.4 Å². The zero-order valence-electron chi connectivity index (χ0n) is 34.8. The molecule has 0 saturated heterocycles. The molecule has 0 radical (unpaired) electrons. The fourth-order valence-corrected chi connectivity index (χ4v) is 13.4. The van der Waals surface area contributed by atoms with Crippen molar-refractivity contribution >= 4 is 70.6 Å². The summed E-state index contributed by atoms with van der Waals surface area (Å²) in [7, 11) is 0. The number of hydrogen-bond acceptors (Lipinski definition) is 6. The van der Waals surface area contributed by atoms with Gasteiger partial charge in [0.2, 0.25) is 34.9 Å². The number of hydrogen-bond donors (Lipinski definition) is 0. The van der Waals surface area contributed by atoms with Crippen LogP contribution < -0.4 is 0 Å². The van der Waals surface area contributed by atoms with Crippen molar-refractivity contribution < 1.29 is 132 Å². The normalized spacial score (nSPS) is 11.8. The zero-order chi connectivity index (χ0) is 58.5. The minimum absolute atomic E-state index is 1.47. The molecule has 0 aromatic heterocycles. The molecule has 78 heavy (non-hydrogen) atoms. The molecule has 0 aliphatic carbocycles. The van der Waals surface area contributed by atoms with Gasteiger partial charge in [-0.05, 0) is 0 Å². The van der Waals surface area contributed by atoms with E-state index < -0.39 is 304 Å². The zero-order valence-corrected chi connectivity index (χ0v) is 39.7. The van der Waals surface area contributed by atoms with Crippen LogP contribution >= 0.6 is 70.6 Å². The van der Waals surface area contributed by atoms with Gasteiger partial charge in [-0.2, -0.15) is 0 Å². The summed E-state index contributed by atoms with van der Waals surface area (Å²) in [6.07, 6.45) is 0. The van der Waals surface area contributed by atoms with Gasteiger partial charge in [0.1, 0.15) is 0 Å². The van der Waals surface area contributed by atoms with Crippen LogP contribution in [0.25, 0.3) is 0 Å². The molecule has 7 aromatic rings. The van der Waals surface area contributed by atoms with E-state index in [4.69, 9.17) is 0 Å². The van der Waals surface area contributed by atoms with Crippen molar-refractivity contribution in [3.05, 3.63) is 175 Å². The third-order valence-corrected chi connectivity index (χ3v) is 17.3. The van der Waals surface area contributed by atoms with Crippen LogP contribution in [0.1, 0.15) is 0 Å². The van der Waals surface area contributed by atoms with Gasteiger partial charge in [-0.25, -0.2) is 132 Å². The van der Waals surface area contributed by atoms with E-state index in [-0.39, 0.29) is 0 Å². The van der Waals surface area contributed by atoms with Crippen molar-refractivity contribution in [1.82, 2.24) is 0 Å². The first-order valence-electron chi connectivity index (χ1n) is 18.6. The highest BCUT2D eigenvalue weighted by Gasteiger charge is 2.40. The minimum Gasteiger partial charge on any atom is -0.202 e. The van der Waals surface area contributed by atoms with Gasteiger partial charge in [-0.15, -0.1) is 0 Å². The molecule has 0 bridgehead atoms. The largest absolute Gasteiger partial charge is 0.202 e. The molecule has 7 rings (SSSR count). The third kappa shape index (κ3) is 9.80. The summed E-state index contributed by atoms with van der Waals surface area (Å²) in [6, 6.07) is 0. The number of benzene rings is 7. The summed E-state index contributed by atoms with van der Waals surface area (Å²) in [5.41, 5.74) is 0. The first-order chi connectivity index (χ1) is 36.2. The summed E-state index contributed by atoms with van der Waals surface area (Å²) >= 11 is -8.81. The summed E-state index contributed by atoms with van der Waals surface area (Å²) in [4.78, 5) is -29.8. The Hall–Kier alpha value is -5.46. The van der Waals surface area contributed by atoms with Crippen LogP contribution in [0.5, 0.6) is 0 Å². The lowest BCUT2D eigenvalue weighted by Gasteiger charge is -2.26. The molecule has 0 N–H and O–H groups in total. The maximum Gasteiger partial charge on any atom is 0.200 e. The van der Waals surface area contributed by atoms with Crippen LogP contribution in [0.15, 0.2) is 58.7 Å². The molecular formula is C42F30S6. The summed E-state index contributed by atoms with van der Waals surface area (Å²) in [5, 5.41) is 0. The van der Waals surface area contributed by atoms with E-state index >= 15 is 52.7 Å². The van der Waals surface area contributed by atoms with Crippen LogP contribution in [0.2, 0.25) is 0 Å². The van der Waals surface area contributed by atoms with E-state index in [0.717, 1.165) is 0 Å². The van der Waals surface area contributed by atoms with Gasteiger partial charge in [0.05, 0.1) is 29.4 Å². The van der Waals surface area contributed by atoms with Crippen molar-refractivity contribution in [1.29, 1.82) is 0 Å². The van der Waals surface area contributed by atoms with Crippen LogP contribution in [0.4, 0.5) is 132 Å². The average molecular weight is 1270 g/mol. The van der Waals surface area contributed by atoms with Crippen molar-refractivity contribution in [3.63, 3.8) is 0 Å². The Bertz CT molecular complexity index is 2960. The Morgan fingerprint density at radius 1 is 0.0897 bits per heavy atom. The molecule has 0 atom stereocenters. The molecule has 0 nitrogen and oxygen atoms in total. The third-order valence-electron chi connectivity index (χ3n) is 9.48. The summed E-state index contributed by atoms with van der Waals surface area (Å²) in [6.45, 7) is 0. The quantitative estimate of drug-likeness (QED) is 0.0674. The van der Waals surface area contributed by atoms with Gasteiger partial charge in [0.15, 0.2) is 140 Å². The van der Waals surface area contributed by atoms with E-state index in [0.29, 0.717) is 0 Å². The first kappa shape index (κ1) is 60.2. The Labute approximate surface area is 433 Å². The molecule has 414 valence electrons. The van der Waals surface area contributed by atoms with Crippen LogP contribution in [0, 0.1) is 175 Å². The van der Waals surface area contributed by atoms with Crippen molar-refractivity contribution in [2.24, 2.45) is 0 Å². The fraction of sp³-hybridized carbons (Fsp3) is 0. The molecule has 0 heterocycles. The van der Waals surface area contributed by atoms with Gasteiger partial charge in [0.25, 0.3) is 0 Å². The highest BCUT2D eigenvalue weighted by molar-refractivity contribution is 8.07. The summed E-state index contributed by atoms with van der Waals surface area (Å²) in [5.74, 6) is -95.2. The second-order valence-electron chi connectivity index (χ2n) is 14.0. The Balaban J connectivity index is 1.89. The van der Waals surface area contributed by atoms with E-state index in [1.54, 1.807) is 0 Å². The fourth-order valence-electron chi connectivity index (χ4n) is 5.83. The second-order valence-corrected chi connectivity index (χ2v) is 20.1. The molecule has 0 aliphatic rings. The predicted molar refractivity (Wildman–Crippen MR) is 209 cm³/mol. The SMILES string of the molecule is Fc1c(F)c(F)c(Sc2c(Sc3c(F)c(F)c(F)c(F)c3F)c(Sc3c(F)c(F)c(F)c(F)c3F)c(Sc3c(F)c(F)c(F)c(F)c3F)c(Sc3c(F)c(F)c(F)c(F)c3F)c2Sc2c(F)c(F)c(F)c(F)c2F)c(F)c1F. The topological polar surface area (TPSA) is 0 Å². The highest BCUT2D eigenvalue weighted by atomic mass is 32.2. The summed E-state index contributed by atoms with van der Waals surface area (Å²) < 4.78 is 455. The molecule has 0 spiro atoms. The monoisotopic (exact) mass is 1270 g/mol. The molecule has 0 aliphatic heterocycles. The van der Waals surface area contributed by atoms with Crippen molar-refractivity contribution in [3.8, 4) is 0 Å². The van der Waals surface area contributed by atoms with E-state index in [1.807, 2.05) is 0 Å². The first-order valence-corrected chi connectivity index (χ1v) is 23.5. The van der Waals surface area contributed by atoms with Crippen molar-refractivity contribution in [2.75, 3.05) is 0 Å². The highest BCUT2D eigenvalue weighted by Crippen LogP contribution is 2.62. The Kier molecular flexibility index (Phi) is 17.2. The molecular weight excluding hydrogens is 1270 g/mol. The second kappa shape index (κ2) is 22.2. The van der Waals surface area contributed by atoms with Gasteiger partial charge < -0.3 is 0 Å². The maximum atomic E-state index is 15.8. The van der Waals surface area contributed by atoms with Gasteiger partial charge >= 0.3 is 0 Å². The van der Waals surface area contributed by atoms with Crippen LogP contribution in [-0.2, 0) is 0 Å². The maximum absolute atomic E-state index is 15.8. The Morgan fingerprint density at radius 2 is 0.154 bits per heavy atom. The molecule has 0 amide bonds. The standard InChI is InChI=1S/C42F30S6/c43-1-7(49)19(61)31(20(62)8(1)50)73-37-38(74-32-21(63)9(51)2(44)10(52)22(32)64)40(76-34-25(67)13(55)4(46)14(56)26(34)68)42(78-36-29(71)17(59)6(48)18(60)30(36)72)41(77-35-27(69)15(57)5(47)16(58)28(35)70)39(37)75-33-23(65)11(53)3(45)12(54)24(33)66. The van der Waals surface area contributed by atoms with E-state index in [2.05, 4.69) is 0 Å². The average Bonchev–Trinajstić information content (AvgIpc) is 3.48. The lowest BCUT2D eigenvalue weighted by molar-refractivity contribution is 0.360. The molecule has 36 heteroatoms. The van der Waals surface area contributed by atoms with Gasteiger partial charge in [-0.3, -0.25) is 0 Å². The predicted octanol–water partition coefficient (Wildman–Crippen LogP) is 18.8. The lowest BCUT2D eigenvalue weighted by Crippen LogP contribution is -2.08. The lowest BCUT2D eigenvalue weighted by atomic mass is 10.3. The van der Waals surface area contributed by atoms with Gasteiger partial charge in [-0.1, -0.05) is 70.6 Å². The van der Waals surface area contributed by atoms with Crippen LogP contribution in [0.3, 0.4) is 0 Å².